The van der Waals surface area contributed by atoms with Crippen LogP contribution in [0.5, 0.6) is 0 Å². The van der Waals surface area contributed by atoms with Gasteiger partial charge in [0.2, 0.25) is 0 Å². The first-order chi connectivity index (χ1) is 16.6. The van der Waals surface area contributed by atoms with Gasteiger partial charge in [-0.15, -0.1) is 0 Å². The summed E-state index contributed by atoms with van der Waals surface area (Å²) in [4.78, 5) is 24.1. The molecule has 3 aromatic rings. The van der Waals surface area contributed by atoms with Gasteiger partial charge in [0, 0.05) is 54.6 Å². The lowest BCUT2D eigenvalue weighted by Gasteiger charge is -2.48. The van der Waals surface area contributed by atoms with E-state index < -0.39 is 0 Å². The number of hydrogen-bond acceptors (Lipinski definition) is 8. The molecule has 2 saturated heterocycles. The summed E-state index contributed by atoms with van der Waals surface area (Å²) in [6.45, 7) is 2.65. The Morgan fingerprint density at radius 2 is 2.03 bits per heavy atom. The molecule has 2 fully saturated rings. The fraction of sp³-hybridized carbons (Fsp3) is 0.500. The molecular weight excluding hydrogens is 434 g/mol. The Balaban J connectivity index is 1.34. The maximum Gasteiger partial charge on any atom is 0.410 e. The van der Waals surface area contributed by atoms with Crippen molar-refractivity contribution in [3.8, 4) is 0 Å². The normalized spacial score (nSPS) is 21.9. The number of methoxy groups -OCH3 is 1. The molecule has 0 radical (unpaired) electrons. The van der Waals surface area contributed by atoms with Gasteiger partial charge in [-0.3, -0.25) is 10.1 Å². The number of fused-ring (bicyclic) bond motifs is 3. The molecule has 2 bridgehead atoms. The van der Waals surface area contributed by atoms with E-state index in [1.165, 1.54) is 0 Å². The van der Waals surface area contributed by atoms with Crippen LogP contribution in [0.25, 0.3) is 10.9 Å². The highest BCUT2D eigenvalue weighted by Crippen LogP contribution is 2.36. The quantitative estimate of drug-likeness (QED) is 0.449. The number of pyridine rings is 2. The first-order valence-corrected chi connectivity index (χ1v) is 11.9. The van der Waals surface area contributed by atoms with Gasteiger partial charge in [-0.1, -0.05) is 0 Å². The van der Waals surface area contributed by atoms with Crippen molar-refractivity contribution in [2.24, 2.45) is 0 Å². The van der Waals surface area contributed by atoms with Gasteiger partial charge in [0.1, 0.15) is 18.2 Å². The Hall–Kier alpha value is -3.40. The van der Waals surface area contributed by atoms with Crippen LogP contribution in [-0.2, 0) is 9.47 Å². The van der Waals surface area contributed by atoms with Gasteiger partial charge in [-0.05, 0) is 51.2 Å². The second kappa shape index (κ2) is 9.84. The maximum absolute atomic E-state index is 12.7. The Morgan fingerprint density at radius 1 is 1.21 bits per heavy atom. The van der Waals surface area contributed by atoms with Crippen LogP contribution in [0.2, 0.25) is 0 Å². The van der Waals surface area contributed by atoms with Gasteiger partial charge in [-0.2, -0.15) is 5.10 Å². The van der Waals surface area contributed by atoms with Gasteiger partial charge < -0.3 is 25.0 Å². The number of rotatable bonds is 7. The summed E-state index contributed by atoms with van der Waals surface area (Å²) < 4.78 is 10.5. The van der Waals surface area contributed by atoms with Crippen LogP contribution in [0.3, 0.4) is 0 Å². The molecule has 3 atom stereocenters. The van der Waals surface area contributed by atoms with E-state index in [2.05, 4.69) is 25.8 Å². The number of H-pyrrole nitrogens is 1. The highest BCUT2D eigenvalue weighted by atomic mass is 16.6. The van der Waals surface area contributed by atoms with E-state index in [4.69, 9.17) is 14.5 Å². The van der Waals surface area contributed by atoms with Crippen LogP contribution in [-0.4, -0.2) is 69.6 Å². The molecule has 3 aromatic heterocycles. The van der Waals surface area contributed by atoms with E-state index >= 15 is 0 Å². The SMILES string of the molecule is COCCOC(=O)N1[C@@H]2CCC[C@H]1CC(Nc1nc(Nc3cc(C)[nH]n3)cc3ncccc13)C2. The number of carbonyl (C=O) groups is 1. The summed E-state index contributed by atoms with van der Waals surface area (Å²) in [5.74, 6) is 2.18. The molecule has 1 unspecified atom stereocenters. The summed E-state index contributed by atoms with van der Waals surface area (Å²) in [6, 6.07) is 8.35. The van der Waals surface area contributed by atoms with Crippen molar-refractivity contribution in [1.82, 2.24) is 25.1 Å². The van der Waals surface area contributed by atoms with Crippen molar-refractivity contribution < 1.29 is 14.3 Å². The first-order valence-electron chi connectivity index (χ1n) is 11.9. The molecule has 0 aliphatic carbocycles. The van der Waals surface area contributed by atoms with E-state index in [0.717, 1.165) is 54.5 Å². The number of carbonyl (C=O) groups excluding carboxylic acids is 1. The van der Waals surface area contributed by atoms with E-state index in [1.54, 1.807) is 13.3 Å². The molecule has 34 heavy (non-hydrogen) atoms. The summed E-state index contributed by atoms with van der Waals surface area (Å²) in [7, 11) is 1.60. The summed E-state index contributed by atoms with van der Waals surface area (Å²) in [5, 5.41) is 15.1. The second-order valence-electron chi connectivity index (χ2n) is 9.05. The monoisotopic (exact) mass is 465 g/mol. The van der Waals surface area contributed by atoms with Gasteiger partial charge in [0.05, 0.1) is 12.1 Å². The standard InChI is InChI=1S/C24H31N7O3/c1-15-11-22(30-29-15)27-21-14-20-19(7-4-8-25-20)23(28-21)26-16-12-17-5-3-6-18(13-16)31(17)24(32)34-10-9-33-2/h4,7-8,11,14,16-18H,3,5-6,9-10,12-13H2,1-2H3,(H3,26,27,28,29,30)/t16?,17-,18+. The maximum atomic E-state index is 12.7. The number of anilines is 3. The third-order valence-electron chi connectivity index (χ3n) is 6.60. The molecular formula is C24H31N7O3. The van der Waals surface area contributed by atoms with Crippen molar-refractivity contribution in [3.63, 3.8) is 0 Å². The number of aromatic amines is 1. The number of nitrogens with zero attached hydrogens (tertiary/aromatic N) is 4. The molecule has 3 N–H and O–H groups in total. The van der Waals surface area contributed by atoms with Crippen LogP contribution < -0.4 is 10.6 Å². The van der Waals surface area contributed by atoms with E-state index in [0.29, 0.717) is 18.2 Å². The number of hydrogen-bond donors (Lipinski definition) is 3. The highest BCUT2D eigenvalue weighted by molar-refractivity contribution is 5.91. The molecule has 5 heterocycles. The topological polar surface area (TPSA) is 117 Å². The number of piperidine rings is 2. The number of nitrogens with one attached hydrogen (secondary N) is 3. The lowest BCUT2D eigenvalue weighted by Crippen LogP contribution is -2.57. The van der Waals surface area contributed by atoms with Crippen molar-refractivity contribution in [1.29, 1.82) is 0 Å². The van der Waals surface area contributed by atoms with Crippen LogP contribution in [0.1, 0.15) is 37.8 Å². The van der Waals surface area contributed by atoms with Crippen LogP contribution in [0.15, 0.2) is 30.5 Å². The molecule has 0 saturated carbocycles. The average molecular weight is 466 g/mol. The Labute approximate surface area is 198 Å². The van der Waals surface area contributed by atoms with E-state index in [9.17, 15) is 4.79 Å². The molecule has 180 valence electrons. The van der Waals surface area contributed by atoms with Crippen molar-refractivity contribution in [3.05, 3.63) is 36.2 Å². The molecule has 2 aliphatic rings. The predicted molar refractivity (Wildman–Crippen MR) is 129 cm³/mol. The number of ether oxygens (including phenoxy) is 2. The minimum atomic E-state index is -0.224. The summed E-state index contributed by atoms with van der Waals surface area (Å²) in [5.41, 5.74) is 1.83. The van der Waals surface area contributed by atoms with Crippen LogP contribution in [0.4, 0.5) is 22.2 Å². The molecule has 1 amide bonds. The highest BCUT2D eigenvalue weighted by Gasteiger charge is 2.41. The van der Waals surface area contributed by atoms with Gasteiger partial charge in [0.15, 0.2) is 5.82 Å². The first kappa shape index (κ1) is 22.4. The number of aryl methyl sites for hydroxylation is 1. The molecule has 0 spiro atoms. The minimum Gasteiger partial charge on any atom is -0.447 e. The fourth-order valence-electron chi connectivity index (χ4n) is 5.14. The van der Waals surface area contributed by atoms with Gasteiger partial charge in [0.25, 0.3) is 0 Å². The largest absolute Gasteiger partial charge is 0.447 e. The molecule has 10 heteroatoms. The average Bonchev–Trinajstić information content (AvgIpc) is 3.23. The third kappa shape index (κ3) is 4.77. The molecule has 2 aliphatic heterocycles. The zero-order valence-electron chi connectivity index (χ0n) is 19.6. The Morgan fingerprint density at radius 3 is 2.76 bits per heavy atom. The number of aromatic nitrogens is 4. The van der Waals surface area contributed by atoms with Crippen molar-refractivity contribution in [2.75, 3.05) is 31.0 Å². The van der Waals surface area contributed by atoms with Gasteiger partial charge >= 0.3 is 6.09 Å². The lowest BCUT2D eigenvalue weighted by atomic mass is 9.82. The fourth-order valence-corrected chi connectivity index (χ4v) is 5.14. The summed E-state index contributed by atoms with van der Waals surface area (Å²) in [6.07, 6.45) is 6.39. The zero-order valence-corrected chi connectivity index (χ0v) is 19.6. The third-order valence-corrected chi connectivity index (χ3v) is 6.60. The second-order valence-corrected chi connectivity index (χ2v) is 9.05. The predicted octanol–water partition coefficient (Wildman–Crippen LogP) is 3.99. The van der Waals surface area contributed by atoms with E-state index in [-0.39, 0.29) is 30.8 Å². The minimum absolute atomic E-state index is 0.165. The van der Waals surface area contributed by atoms with Crippen molar-refractivity contribution in [2.45, 2.75) is 57.2 Å². The number of amides is 1. The smallest absolute Gasteiger partial charge is 0.410 e. The van der Waals surface area contributed by atoms with Crippen LogP contribution in [0, 0.1) is 6.92 Å². The zero-order chi connectivity index (χ0) is 23.5. The van der Waals surface area contributed by atoms with Crippen LogP contribution >= 0.6 is 0 Å². The Kier molecular flexibility index (Phi) is 6.48. The summed E-state index contributed by atoms with van der Waals surface area (Å²) >= 11 is 0. The van der Waals surface area contributed by atoms with Gasteiger partial charge in [-0.25, -0.2) is 9.78 Å². The Bertz CT molecular complexity index is 1140. The molecule has 10 nitrogen and oxygen atoms in total. The molecule has 0 aromatic carbocycles. The lowest BCUT2D eigenvalue weighted by molar-refractivity contribution is 0.0109. The van der Waals surface area contributed by atoms with E-state index in [1.807, 2.05) is 36.1 Å². The molecule has 5 rings (SSSR count). The van der Waals surface area contributed by atoms with Crippen molar-refractivity contribution >= 4 is 34.4 Å².